The predicted molar refractivity (Wildman–Crippen MR) is 104 cm³/mol. The van der Waals surface area contributed by atoms with Crippen molar-refractivity contribution in [1.82, 2.24) is 4.90 Å². The van der Waals surface area contributed by atoms with E-state index < -0.39 is 0 Å². The zero-order chi connectivity index (χ0) is 19.1. The maximum absolute atomic E-state index is 12.3. The van der Waals surface area contributed by atoms with Crippen LogP contribution in [0.5, 0.6) is 5.75 Å². The molecule has 2 aromatic rings. The average Bonchev–Trinajstić information content (AvgIpc) is 3.07. The lowest BCUT2D eigenvalue weighted by Gasteiger charge is -2.20. The summed E-state index contributed by atoms with van der Waals surface area (Å²) in [4.78, 5) is 28.3. The first-order chi connectivity index (χ1) is 12.4. The van der Waals surface area contributed by atoms with Crippen LogP contribution in [0.3, 0.4) is 0 Å². The average molecular weight is 397 g/mol. The molecule has 0 fully saturated rings. The van der Waals surface area contributed by atoms with Crippen LogP contribution in [0.15, 0.2) is 35.7 Å². The lowest BCUT2D eigenvalue weighted by molar-refractivity contribution is -0.885. The summed E-state index contributed by atoms with van der Waals surface area (Å²) < 4.78 is 5.20. The molecule has 1 aromatic heterocycles. The molecule has 0 aliphatic carbocycles. The van der Waals surface area contributed by atoms with E-state index in [4.69, 9.17) is 16.3 Å². The van der Waals surface area contributed by atoms with Crippen molar-refractivity contribution in [3.63, 3.8) is 0 Å². The fourth-order valence-corrected chi connectivity index (χ4v) is 3.43. The number of nitrogens with zero attached hydrogens (tertiary/aromatic N) is 1. The van der Waals surface area contributed by atoms with Gasteiger partial charge in [0, 0.05) is 12.1 Å². The molecule has 8 heteroatoms. The van der Waals surface area contributed by atoms with Crippen molar-refractivity contribution in [1.29, 1.82) is 0 Å². The molecule has 0 aliphatic heterocycles. The van der Waals surface area contributed by atoms with Crippen molar-refractivity contribution in [2.45, 2.75) is 6.54 Å². The highest BCUT2D eigenvalue weighted by Crippen LogP contribution is 2.27. The van der Waals surface area contributed by atoms with Crippen LogP contribution >= 0.6 is 22.9 Å². The monoisotopic (exact) mass is 396 g/mol. The van der Waals surface area contributed by atoms with Gasteiger partial charge >= 0.3 is 0 Å². The lowest BCUT2D eigenvalue weighted by Crippen LogP contribution is -3.08. The van der Waals surface area contributed by atoms with E-state index in [0.717, 1.165) is 11.4 Å². The second-order valence-electron chi connectivity index (χ2n) is 6.03. The fourth-order valence-electron chi connectivity index (χ4n) is 2.44. The molecule has 6 nitrogen and oxygen atoms in total. The molecule has 0 radical (unpaired) electrons. The minimum absolute atomic E-state index is 0.0409. The van der Waals surface area contributed by atoms with Crippen LogP contribution in [0.1, 0.15) is 4.88 Å². The number of nitrogens with one attached hydrogen (secondary N) is 2. The first kappa shape index (κ1) is 20.2. The van der Waals surface area contributed by atoms with E-state index in [-0.39, 0.29) is 18.4 Å². The maximum Gasteiger partial charge on any atom is 0.277 e. The van der Waals surface area contributed by atoms with Crippen molar-refractivity contribution in [2.75, 3.05) is 39.6 Å². The second kappa shape index (κ2) is 9.56. The Kier molecular flexibility index (Phi) is 7.44. The molecule has 2 rings (SSSR count). The Bertz CT molecular complexity index is 752. The molecule has 26 heavy (non-hydrogen) atoms. The molecule has 1 unspecified atom stereocenters. The topological polar surface area (TPSA) is 63.1 Å². The molecule has 140 valence electrons. The number of hydrogen-bond acceptors (Lipinski definition) is 4. The zero-order valence-electron chi connectivity index (χ0n) is 15.0. The number of methoxy groups -OCH3 is 1. The van der Waals surface area contributed by atoms with E-state index in [9.17, 15) is 9.59 Å². The fraction of sp³-hybridized carbons (Fsp3) is 0.333. The molecule has 0 spiro atoms. The summed E-state index contributed by atoms with van der Waals surface area (Å²) in [7, 11) is 5.10. The van der Waals surface area contributed by atoms with E-state index in [0.29, 0.717) is 23.0 Å². The van der Waals surface area contributed by atoms with Crippen LogP contribution in [-0.2, 0) is 16.1 Å². The molecule has 0 saturated heterocycles. The van der Waals surface area contributed by atoms with Gasteiger partial charge in [-0.25, -0.2) is 0 Å². The molecule has 0 aliphatic rings. The van der Waals surface area contributed by atoms with Crippen molar-refractivity contribution in [3.05, 3.63) is 45.6 Å². The number of carbonyl (C=O) groups excluding carboxylic acids is 2. The molecule has 1 atom stereocenters. The van der Waals surface area contributed by atoms with Crippen molar-refractivity contribution < 1.29 is 19.2 Å². The number of rotatable bonds is 8. The summed E-state index contributed by atoms with van der Waals surface area (Å²) in [5.74, 6) is 0.112. The third-order valence-electron chi connectivity index (χ3n) is 3.75. The number of halogens is 1. The number of hydrogen-bond donors (Lipinski definition) is 2. The first-order valence-corrected chi connectivity index (χ1v) is 9.36. The molecular formula is C18H23ClN3O3S+. The van der Waals surface area contributed by atoms with Gasteiger partial charge in [0.05, 0.1) is 31.3 Å². The first-order valence-electron chi connectivity index (χ1n) is 8.10. The van der Waals surface area contributed by atoms with Crippen molar-refractivity contribution in [3.8, 4) is 5.75 Å². The minimum atomic E-state index is -0.308. The van der Waals surface area contributed by atoms with Gasteiger partial charge in [0.1, 0.15) is 12.3 Å². The SMILES string of the molecule is COc1ccc(Cl)cc1NC(=O)CN(C)C(=O)C[NH+](C)Cc1cccs1. The predicted octanol–water partition coefficient (Wildman–Crippen LogP) is 1.52. The van der Waals surface area contributed by atoms with Crippen LogP contribution < -0.4 is 15.0 Å². The number of benzene rings is 1. The van der Waals surface area contributed by atoms with Gasteiger partial charge in [-0.15, -0.1) is 11.3 Å². The maximum atomic E-state index is 12.3. The highest BCUT2D eigenvalue weighted by atomic mass is 35.5. The number of quaternary nitrogens is 1. The third kappa shape index (κ3) is 6.01. The quantitative estimate of drug-likeness (QED) is 0.711. The van der Waals surface area contributed by atoms with Gasteiger partial charge in [-0.1, -0.05) is 17.7 Å². The van der Waals surface area contributed by atoms with Crippen molar-refractivity contribution in [2.24, 2.45) is 0 Å². The smallest absolute Gasteiger partial charge is 0.277 e. The van der Waals surface area contributed by atoms with Gasteiger partial charge in [0.15, 0.2) is 6.54 Å². The minimum Gasteiger partial charge on any atom is -0.495 e. The van der Waals surface area contributed by atoms with E-state index in [1.54, 1.807) is 36.6 Å². The third-order valence-corrected chi connectivity index (χ3v) is 4.86. The van der Waals surface area contributed by atoms with Gasteiger partial charge in [-0.2, -0.15) is 0 Å². The zero-order valence-corrected chi connectivity index (χ0v) is 16.6. The number of anilines is 1. The molecule has 0 bridgehead atoms. The number of carbonyl (C=O) groups is 2. The van der Waals surface area contributed by atoms with Gasteiger partial charge in [-0.05, 0) is 29.6 Å². The molecular weight excluding hydrogens is 374 g/mol. The Balaban J connectivity index is 1.86. The highest BCUT2D eigenvalue weighted by Gasteiger charge is 2.18. The molecule has 2 amide bonds. The number of ether oxygens (including phenoxy) is 1. The van der Waals surface area contributed by atoms with Crippen LogP contribution in [0.25, 0.3) is 0 Å². The standard InChI is InChI=1S/C18H22ClN3O3S/c1-21(10-14-5-4-8-26-14)12-18(24)22(2)11-17(23)20-15-9-13(19)6-7-16(15)25-3/h4-9H,10-12H2,1-3H3,(H,20,23)/p+1. The Labute approximate surface area is 162 Å². The van der Waals surface area contributed by atoms with Crippen LogP contribution in [0.4, 0.5) is 5.69 Å². The highest BCUT2D eigenvalue weighted by molar-refractivity contribution is 7.09. The summed E-state index contributed by atoms with van der Waals surface area (Å²) >= 11 is 7.63. The van der Waals surface area contributed by atoms with E-state index >= 15 is 0 Å². The van der Waals surface area contributed by atoms with E-state index in [2.05, 4.69) is 5.32 Å². The van der Waals surface area contributed by atoms with Crippen molar-refractivity contribution >= 4 is 40.4 Å². The van der Waals surface area contributed by atoms with Crippen LogP contribution in [0, 0.1) is 0 Å². The summed E-state index contributed by atoms with van der Waals surface area (Å²) in [6.45, 7) is 1.06. The summed E-state index contributed by atoms with van der Waals surface area (Å²) in [6.07, 6.45) is 0. The molecule has 0 saturated carbocycles. The van der Waals surface area contributed by atoms with E-state index in [1.165, 1.54) is 16.9 Å². The second-order valence-corrected chi connectivity index (χ2v) is 7.50. The number of amides is 2. The molecule has 1 aromatic carbocycles. The van der Waals surface area contributed by atoms with Gasteiger partial charge in [-0.3, -0.25) is 9.59 Å². The number of likely N-dealkylation sites (N-methyl/N-ethyl adjacent to an activating group) is 2. The lowest BCUT2D eigenvalue weighted by atomic mass is 10.3. The normalized spacial score (nSPS) is 11.7. The Morgan fingerprint density at radius 1 is 1.35 bits per heavy atom. The van der Waals surface area contributed by atoms with Gasteiger partial charge < -0.3 is 19.9 Å². The van der Waals surface area contributed by atoms with Crippen LogP contribution in [0.2, 0.25) is 5.02 Å². The Hall–Kier alpha value is -2.09. The molecule has 1 heterocycles. The Morgan fingerprint density at radius 2 is 2.12 bits per heavy atom. The largest absolute Gasteiger partial charge is 0.495 e. The van der Waals surface area contributed by atoms with Gasteiger partial charge in [0.2, 0.25) is 5.91 Å². The summed E-state index contributed by atoms with van der Waals surface area (Å²) in [6, 6.07) is 9.01. The van der Waals surface area contributed by atoms with E-state index in [1.807, 2.05) is 24.6 Å². The number of thiophene rings is 1. The van der Waals surface area contributed by atoms with Crippen LogP contribution in [-0.4, -0.2) is 51.0 Å². The van der Waals surface area contributed by atoms with Gasteiger partial charge in [0.25, 0.3) is 5.91 Å². The summed E-state index contributed by atoms with van der Waals surface area (Å²) in [5.41, 5.74) is 0.478. The molecule has 2 N–H and O–H groups in total. The Morgan fingerprint density at radius 3 is 2.77 bits per heavy atom. The summed E-state index contributed by atoms with van der Waals surface area (Å²) in [5, 5.41) is 5.24.